The molecule has 0 saturated carbocycles. The number of aliphatic imine (C=N–C) groups is 1. The third kappa shape index (κ3) is 5.74. The summed E-state index contributed by atoms with van der Waals surface area (Å²) >= 11 is 3.48. The number of aryl methyl sites for hydroxylation is 1. The Kier molecular flexibility index (Phi) is 7.92. The van der Waals surface area contributed by atoms with E-state index in [-0.39, 0.29) is 16.7 Å². The van der Waals surface area contributed by atoms with Crippen LogP contribution in [0.1, 0.15) is 47.6 Å². The van der Waals surface area contributed by atoms with E-state index in [0.717, 1.165) is 23.2 Å². The van der Waals surface area contributed by atoms with E-state index < -0.39 is 10.1 Å². The van der Waals surface area contributed by atoms with Crippen LogP contribution in [0.3, 0.4) is 0 Å². The molecule has 3 atom stereocenters. The van der Waals surface area contributed by atoms with E-state index in [1.54, 1.807) is 30.5 Å². The molecule has 0 radical (unpaired) electrons. The lowest BCUT2D eigenvalue weighted by atomic mass is 9.77. The number of nitrogens with zero attached hydrogens (tertiary/aromatic N) is 1. The maximum absolute atomic E-state index is 12.9. The lowest BCUT2D eigenvalue weighted by Gasteiger charge is -2.37. The van der Waals surface area contributed by atoms with Crippen LogP contribution in [-0.2, 0) is 10.1 Å². The number of allylic oxidation sites excluding steroid dienone is 2. The zero-order valence-electron chi connectivity index (χ0n) is 23.3. The molecule has 4 aromatic rings. The highest BCUT2D eigenvalue weighted by atomic mass is 79.9. The van der Waals surface area contributed by atoms with Crippen LogP contribution in [-0.4, -0.2) is 21.2 Å². The van der Waals surface area contributed by atoms with Crippen molar-refractivity contribution in [2.24, 2.45) is 10.9 Å². The number of hydrogen-bond donors (Lipinski definition) is 1. The molecule has 0 fully saturated rings. The van der Waals surface area contributed by atoms with E-state index in [4.69, 9.17) is 8.92 Å². The van der Waals surface area contributed by atoms with Crippen LogP contribution in [0.4, 0.5) is 11.4 Å². The van der Waals surface area contributed by atoms with Crippen LogP contribution in [0.25, 0.3) is 0 Å². The summed E-state index contributed by atoms with van der Waals surface area (Å²) in [4.78, 5) is 4.75. The van der Waals surface area contributed by atoms with Gasteiger partial charge in [0.05, 0.1) is 22.8 Å². The van der Waals surface area contributed by atoms with Gasteiger partial charge >= 0.3 is 10.1 Å². The maximum atomic E-state index is 12.9. The van der Waals surface area contributed by atoms with Gasteiger partial charge in [0, 0.05) is 17.8 Å². The Labute approximate surface area is 255 Å². The number of ether oxygens (including phenoxy) is 1. The van der Waals surface area contributed by atoms with Gasteiger partial charge in [0.2, 0.25) is 0 Å². The van der Waals surface area contributed by atoms with Crippen LogP contribution in [0.5, 0.6) is 11.5 Å². The van der Waals surface area contributed by atoms with Crippen molar-refractivity contribution >= 4 is 43.6 Å². The summed E-state index contributed by atoms with van der Waals surface area (Å²) in [6.07, 6.45) is 7.43. The smallest absolute Gasteiger partial charge is 0.339 e. The summed E-state index contributed by atoms with van der Waals surface area (Å²) in [7, 11) is -4.05. The predicted molar refractivity (Wildman–Crippen MR) is 171 cm³/mol. The first kappa shape index (κ1) is 28.2. The van der Waals surface area contributed by atoms with E-state index >= 15 is 0 Å². The fourth-order valence-electron chi connectivity index (χ4n) is 5.66. The van der Waals surface area contributed by atoms with E-state index in [1.165, 1.54) is 28.9 Å². The summed E-state index contributed by atoms with van der Waals surface area (Å²) in [5.41, 5.74) is 6.31. The highest BCUT2D eigenvalue weighted by molar-refractivity contribution is 9.10. The van der Waals surface area contributed by atoms with Gasteiger partial charge in [-0.25, -0.2) is 0 Å². The Bertz CT molecular complexity index is 1770. The SMILES string of the molecule is CCOc1cc(C=Nc2ccc([C@@H]3Nc4ccccc4[C@@H]4C=CC[C@H]43)cc2)cc(Br)c1OS(=O)(=O)c1ccc(C)cc1. The Morgan fingerprint density at radius 2 is 1.79 bits per heavy atom. The van der Waals surface area contributed by atoms with Crippen molar-refractivity contribution < 1.29 is 17.3 Å². The summed E-state index contributed by atoms with van der Waals surface area (Å²) in [6, 6.07) is 27.1. The van der Waals surface area contributed by atoms with Crippen molar-refractivity contribution in [1.29, 1.82) is 0 Å². The number of anilines is 1. The second-order valence-electron chi connectivity index (χ2n) is 10.5. The zero-order chi connectivity index (χ0) is 29.3. The molecule has 1 aliphatic heterocycles. The lowest BCUT2D eigenvalue weighted by molar-refractivity contribution is 0.327. The van der Waals surface area contributed by atoms with Crippen LogP contribution in [0.2, 0.25) is 0 Å². The molecule has 8 heteroatoms. The Hall–Kier alpha value is -3.88. The second kappa shape index (κ2) is 11.8. The van der Waals surface area contributed by atoms with Gasteiger partial charge < -0.3 is 14.2 Å². The third-order valence-electron chi connectivity index (χ3n) is 7.72. The zero-order valence-corrected chi connectivity index (χ0v) is 25.7. The van der Waals surface area contributed by atoms with E-state index in [9.17, 15) is 8.42 Å². The number of para-hydroxylation sites is 1. The first-order valence-electron chi connectivity index (χ1n) is 14.0. The molecule has 0 amide bonds. The summed E-state index contributed by atoms with van der Waals surface area (Å²) < 4.78 is 37.6. The van der Waals surface area contributed by atoms with Gasteiger partial charge in [-0.3, -0.25) is 4.99 Å². The summed E-state index contributed by atoms with van der Waals surface area (Å²) in [5, 5.41) is 3.77. The summed E-state index contributed by atoms with van der Waals surface area (Å²) in [6.45, 7) is 4.07. The number of rotatable bonds is 8. The fraction of sp³-hybridized carbons (Fsp3) is 0.206. The molecule has 0 spiro atoms. The molecular formula is C34H31BrN2O4S. The van der Waals surface area contributed by atoms with Crippen LogP contribution >= 0.6 is 15.9 Å². The van der Waals surface area contributed by atoms with Crippen LogP contribution < -0.4 is 14.2 Å². The molecule has 0 saturated heterocycles. The minimum absolute atomic E-state index is 0.0730. The fourth-order valence-corrected chi connectivity index (χ4v) is 7.26. The van der Waals surface area contributed by atoms with Gasteiger partial charge in [-0.1, -0.05) is 60.2 Å². The first-order chi connectivity index (χ1) is 20.3. The van der Waals surface area contributed by atoms with Crippen molar-refractivity contribution in [3.05, 3.63) is 124 Å². The number of hydrogen-bond acceptors (Lipinski definition) is 6. The molecule has 2 aliphatic rings. The molecule has 42 heavy (non-hydrogen) atoms. The molecule has 214 valence electrons. The third-order valence-corrected chi connectivity index (χ3v) is 9.55. The largest absolute Gasteiger partial charge is 0.490 e. The Balaban J connectivity index is 1.21. The number of nitrogens with one attached hydrogen (secondary N) is 1. The lowest BCUT2D eigenvalue weighted by Crippen LogP contribution is -2.28. The molecule has 0 bridgehead atoms. The van der Waals surface area contributed by atoms with Gasteiger partial charge in [0.1, 0.15) is 4.90 Å². The highest BCUT2D eigenvalue weighted by Crippen LogP contribution is 2.49. The molecule has 1 N–H and O–H groups in total. The quantitative estimate of drug-likeness (QED) is 0.118. The Morgan fingerprint density at radius 3 is 2.55 bits per heavy atom. The molecular weight excluding hydrogens is 612 g/mol. The predicted octanol–water partition coefficient (Wildman–Crippen LogP) is 8.50. The topological polar surface area (TPSA) is 77.0 Å². The standard InChI is InChI=1S/C34H31BrN2O4S/c1-3-40-32-20-23(19-30(35)34(32)41-42(38,39)26-17-11-22(2)12-18-26)21-36-25-15-13-24(14-16-25)33-29-9-6-8-27(29)28-7-4-5-10-31(28)37-33/h4-8,10-21,27,29,33,37H,3,9H2,1-2H3/t27-,29+,33-/m0/s1. The molecule has 6 rings (SSSR count). The van der Waals surface area contributed by atoms with Crippen molar-refractivity contribution in [3.63, 3.8) is 0 Å². The van der Waals surface area contributed by atoms with E-state index in [2.05, 4.69) is 74.8 Å². The second-order valence-corrected chi connectivity index (χ2v) is 12.9. The van der Waals surface area contributed by atoms with E-state index in [0.29, 0.717) is 28.7 Å². The first-order valence-corrected chi connectivity index (χ1v) is 16.2. The monoisotopic (exact) mass is 642 g/mol. The Morgan fingerprint density at radius 1 is 1.02 bits per heavy atom. The average Bonchev–Trinajstić information content (AvgIpc) is 3.49. The maximum Gasteiger partial charge on any atom is 0.339 e. The van der Waals surface area contributed by atoms with Crippen LogP contribution in [0.15, 0.2) is 111 Å². The molecule has 1 heterocycles. The number of halogens is 1. The van der Waals surface area contributed by atoms with E-state index in [1.807, 2.05) is 26.0 Å². The van der Waals surface area contributed by atoms with Crippen molar-refractivity contribution in [2.45, 2.75) is 37.1 Å². The highest BCUT2D eigenvalue weighted by Gasteiger charge is 2.37. The average molecular weight is 644 g/mol. The molecule has 6 nitrogen and oxygen atoms in total. The molecule has 0 unspecified atom stereocenters. The molecule has 4 aromatic carbocycles. The molecule has 1 aliphatic carbocycles. The van der Waals surface area contributed by atoms with Gasteiger partial charge in [-0.15, -0.1) is 0 Å². The van der Waals surface area contributed by atoms with Gasteiger partial charge in [0.15, 0.2) is 11.5 Å². The van der Waals surface area contributed by atoms with Gasteiger partial charge in [0.25, 0.3) is 0 Å². The molecule has 0 aromatic heterocycles. The van der Waals surface area contributed by atoms with Crippen LogP contribution in [0, 0.1) is 12.8 Å². The summed E-state index contributed by atoms with van der Waals surface area (Å²) in [5.74, 6) is 1.32. The van der Waals surface area contributed by atoms with Crippen molar-refractivity contribution in [3.8, 4) is 11.5 Å². The van der Waals surface area contributed by atoms with Crippen molar-refractivity contribution in [1.82, 2.24) is 0 Å². The van der Waals surface area contributed by atoms with Gasteiger partial charge in [-0.05, 0) is 101 Å². The number of benzene rings is 4. The van der Waals surface area contributed by atoms with Crippen molar-refractivity contribution in [2.75, 3.05) is 11.9 Å². The van der Waals surface area contributed by atoms with Gasteiger partial charge in [-0.2, -0.15) is 8.42 Å². The number of fused-ring (bicyclic) bond motifs is 3. The minimum Gasteiger partial charge on any atom is -0.490 e. The normalized spacial score (nSPS) is 19.3. The minimum atomic E-state index is -4.05.